The van der Waals surface area contributed by atoms with Crippen LogP contribution in [0.15, 0.2) is 23.0 Å². The maximum absolute atomic E-state index is 14.2. The highest BCUT2D eigenvalue weighted by atomic mass is 19.1. The first kappa shape index (κ1) is 22.7. The predicted molar refractivity (Wildman–Crippen MR) is 117 cm³/mol. The monoisotopic (exact) mass is 419 g/mol. The molecule has 0 saturated heterocycles. The normalized spacial score (nSPS) is 23.5. The number of halogens is 2. The molecule has 0 aliphatic heterocycles. The summed E-state index contributed by atoms with van der Waals surface area (Å²) in [6, 6.07) is 3.21. The van der Waals surface area contributed by atoms with Gasteiger partial charge in [-0.3, -0.25) is 9.48 Å². The number of hydrogen-bond acceptors (Lipinski definition) is 2. The van der Waals surface area contributed by atoms with Crippen LogP contribution in [0.1, 0.15) is 71.6 Å². The fraction of sp³-hybridized carbons (Fsp3) is 0.625. The molecule has 2 atom stereocenters. The third-order valence-corrected chi connectivity index (χ3v) is 7.88. The molecule has 0 N–H and O–H groups in total. The highest BCUT2D eigenvalue weighted by Crippen LogP contribution is 2.66. The molecule has 6 heteroatoms. The maximum atomic E-state index is 14.2. The smallest absolute Gasteiger partial charge is 0.275 e. The third kappa shape index (κ3) is 3.15. The van der Waals surface area contributed by atoms with E-state index in [0.717, 1.165) is 42.3 Å². The molecule has 2 bridgehead atoms. The number of nitrogens with zero attached hydrogens (tertiary/aromatic N) is 3. The molecule has 4 nitrogen and oxygen atoms in total. The first-order chi connectivity index (χ1) is 14.0. The Morgan fingerprint density at radius 1 is 1.10 bits per heavy atom. The molecule has 1 saturated carbocycles. The van der Waals surface area contributed by atoms with Crippen molar-refractivity contribution in [1.82, 2.24) is 14.3 Å². The summed E-state index contributed by atoms with van der Waals surface area (Å²) in [6.45, 7) is 16.7. The van der Waals surface area contributed by atoms with Gasteiger partial charge < -0.3 is 4.90 Å². The van der Waals surface area contributed by atoms with Gasteiger partial charge in [0, 0.05) is 24.1 Å². The molecule has 0 unspecified atom stereocenters. The van der Waals surface area contributed by atoms with Crippen molar-refractivity contribution < 1.29 is 8.78 Å². The molecular weight excluding hydrogens is 384 g/mol. The maximum Gasteiger partial charge on any atom is 0.275 e. The quantitative estimate of drug-likeness (QED) is 0.700. The topological polar surface area (TPSA) is 30.2 Å². The van der Waals surface area contributed by atoms with Gasteiger partial charge in [-0.15, -0.1) is 0 Å². The summed E-state index contributed by atoms with van der Waals surface area (Å²) >= 11 is 0. The van der Waals surface area contributed by atoms with Gasteiger partial charge in [0.2, 0.25) is 0 Å². The molecule has 1 aromatic heterocycles. The molecular formula is C24H35F2N3O. The Morgan fingerprint density at radius 3 is 2.20 bits per heavy atom. The third-order valence-electron chi connectivity index (χ3n) is 7.88. The van der Waals surface area contributed by atoms with Crippen molar-refractivity contribution in [3.63, 3.8) is 0 Å². The molecule has 30 heavy (non-hydrogen) atoms. The Morgan fingerprint density at radius 2 is 1.70 bits per heavy atom. The molecule has 166 valence electrons. The second kappa shape index (κ2) is 7.95. The van der Waals surface area contributed by atoms with E-state index in [1.807, 2.05) is 0 Å². The Kier molecular flexibility index (Phi) is 6.02. The van der Waals surface area contributed by atoms with Gasteiger partial charge in [-0.2, -0.15) is 0 Å². The molecule has 0 spiro atoms. The second-order valence-corrected chi connectivity index (χ2v) is 9.26. The van der Waals surface area contributed by atoms with Crippen LogP contribution >= 0.6 is 0 Å². The van der Waals surface area contributed by atoms with Crippen molar-refractivity contribution in [2.75, 3.05) is 19.6 Å². The highest BCUT2D eigenvalue weighted by molar-refractivity contribution is 5.47. The number of aromatic nitrogens is 2. The predicted octanol–water partition coefficient (Wildman–Crippen LogP) is 4.98. The van der Waals surface area contributed by atoms with Crippen LogP contribution in [0.4, 0.5) is 8.78 Å². The summed E-state index contributed by atoms with van der Waals surface area (Å²) in [5, 5.41) is 0. The summed E-state index contributed by atoms with van der Waals surface area (Å²) in [5.74, 6) is -0.965. The lowest BCUT2D eigenvalue weighted by atomic mass is 9.70. The van der Waals surface area contributed by atoms with Crippen molar-refractivity contribution in [1.29, 1.82) is 0 Å². The lowest BCUT2D eigenvalue weighted by Crippen LogP contribution is -2.35. The van der Waals surface area contributed by atoms with E-state index in [1.165, 1.54) is 24.3 Å². The Hall–Kier alpha value is -1.95. The van der Waals surface area contributed by atoms with E-state index < -0.39 is 11.6 Å². The summed E-state index contributed by atoms with van der Waals surface area (Å²) in [4.78, 5) is 15.4. The van der Waals surface area contributed by atoms with Crippen LogP contribution in [-0.4, -0.2) is 33.9 Å². The molecule has 0 amide bonds. The van der Waals surface area contributed by atoms with Gasteiger partial charge in [-0.1, -0.05) is 41.5 Å². The summed E-state index contributed by atoms with van der Waals surface area (Å²) in [6.07, 6.45) is 1.99. The summed E-state index contributed by atoms with van der Waals surface area (Å²) in [7, 11) is 1.77. The van der Waals surface area contributed by atoms with Gasteiger partial charge in [0.05, 0.1) is 5.69 Å². The van der Waals surface area contributed by atoms with Crippen LogP contribution in [0.25, 0.3) is 5.69 Å². The number of rotatable bonds is 4. The van der Waals surface area contributed by atoms with Gasteiger partial charge in [-0.25, -0.2) is 13.5 Å². The van der Waals surface area contributed by atoms with Gasteiger partial charge >= 0.3 is 0 Å². The van der Waals surface area contributed by atoms with E-state index in [1.54, 1.807) is 11.7 Å². The minimum atomic E-state index is -0.593. The molecule has 0 radical (unpaired) electrons. The van der Waals surface area contributed by atoms with Gasteiger partial charge in [0.15, 0.2) is 0 Å². The van der Waals surface area contributed by atoms with Gasteiger partial charge in [-0.05, 0) is 55.9 Å². The average Bonchev–Trinajstić information content (AvgIpc) is 3.17. The van der Waals surface area contributed by atoms with E-state index >= 15 is 0 Å². The van der Waals surface area contributed by atoms with Crippen LogP contribution in [0.2, 0.25) is 0 Å². The molecule has 1 heterocycles. The van der Waals surface area contributed by atoms with Crippen LogP contribution in [0.3, 0.4) is 0 Å². The minimum Gasteiger partial charge on any atom is -0.304 e. The highest BCUT2D eigenvalue weighted by Gasteiger charge is 2.62. The van der Waals surface area contributed by atoms with Crippen molar-refractivity contribution in [2.45, 2.75) is 65.7 Å². The van der Waals surface area contributed by atoms with Crippen molar-refractivity contribution >= 4 is 0 Å². The zero-order valence-electron chi connectivity index (χ0n) is 19.4. The minimum absolute atomic E-state index is 0.00809. The zero-order chi connectivity index (χ0) is 22.4. The molecule has 1 fully saturated rings. The largest absolute Gasteiger partial charge is 0.304 e. The lowest BCUT2D eigenvalue weighted by Gasteiger charge is -2.36. The van der Waals surface area contributed by atoms with E-state index in [2.05, 4.69) is 46.4 Å². The van der Waals surface area contributed by atoms with Crippen molar-refractivity contribution in [3.05, 3.63) is 51.4 Å². The number of hydrogen-bond donors (Lipinski definition) is 0. The molecule has 4 rings (SSSR count). The summed E-state index contributed by atoms with van der Waals surface area (Å²) in [5.41, 5.74) is 1.42. The molecule has 1 aromatic carbocycles. The van der Waals surface area contributed by atoms with Crippen LogP contribution in [-0.2, 0) is 12.5 Å². The Bertz CT molecular complexity index is 982. The van der Waals surface area contributed by atoms with Crippen LogP contribution in [0, 0.1) is 17.0 Å². The van der Waals surface area contributed by atoms with Crippen molar-refractivity contribution in [2.24, 2.45) is 12.5 Å². The van der Waals surface area contributed by atoms with E-state index in [9.17, 15) is 13.6 Å². The fourth-order valence-electron chi connectivity index (χ4n) is 5.61. The number of fused-ring (bicyclic) bond motifs is 5. The van der Waals surface area contributed by atoms with E-state index in [4.69, 9.17) is 0 Å². The van der Waals surface area contributed by atoms with Crippen LogP contribution in [0.5, 0.6) is 0 Å². The van der Waals surface area contributed by atoms with Crippen LogP contribution < -0.4 is 5.56 Å². The Balaban J connectivity index is 0.000000318. The molecule has 2 aromatic rings. The van der Waals surface area contributed by atoms with Crippen molar-refractivity contribution in [3.8, 4) is 5.69 Å². The lowest BCUT2D eigenvalue weighted by molar-refractivity contribution is 0.217. The second-order valence-electron chi connectivity index (χ2n) is 9.26. The van der Waals surface area contributed by atoms with Gasteiger partial charge in [0.1, 0.15) is 17.3 Å². The van der Waals surface area contributed by atoms with Gasteiger partial charge in [0.25, 0.3) is 5.56 Å². The zero-order valence-corrected chi connectivity index (χ0v) is 19.4. The number of benzene rings is 1. The SMILES string of the molecule is CCN(CC)CC.Cn1c2c(c(=O)n1-c1cc(F)ccc1F)[C@H]1CC[C@]2(C)C1(C)C. The van der Waals surface area contributed by atoms with E-state index in [0.29, 0.717) is 0 Å². The summed E-state index contributed by atoms with van der Waals surface area (Å²) < 4.78 is 30.8. The Labute approximate surface area is 178 Å². The average molecular weight is 420 g/mol. The molecule has 2 aliphatic carbocycles. The fourth-order valence-corrected chi connectivity index (χ4v) is 5.61. The molecule has 2 aliphatic rings. The first-order valence-corrected chi connectivity index (χ1v) is 11.0. The van der Waals surface area contributed by atoms with E-state index in [-0.39, 0.29) is 28.0 Å². The first-order valence-electron chi connectivity index (χ1n) is 11.0. The standard InChI is InChI=1S/C18H20F2N2O.C6H15N/c1-17(2)11-7-8-18(17,3)15-14(11)16(23)22(21(15)4)13-9-10(19)5-6-12(13)20;1-4-7(5-2)6-3/h5-6,9,11H,7-8H2,1-4H3;4-6H2,1-3H3/t11-,18+;/m1./s1.